The van der Waals surface area contributed by atoms with Gasteiger partial charge in [0.2, 0.25) is 5.84 Å². The molecule has 0 amide bonds. The Hall–Kier alpha value is -3.67. The molecule has 0 aromatic heterocycles. The number of azo groups is 1. The zero-order valence-electron chi connectivity index (χ0n) is 14.3. The van der Waals surface area contributed by atoms with Crippen molar-refractivity contribution in [2.75, 3.05) is 18.3 Å². The maximum Gasteiger partial charge on any atom is 0.201 e. The van der Waals surface area contributed by atoms with Gasteiger partial charge in [-0.2, -0.15) is 5.10 Å². The average Bonchev–Trinajstić information content (AvgIpc) is 2.70. The standard InChI is InChI=1S/C20H19N5O/c1-26-17-13-11-16(12-14-17)22-24-20(15-7-3-2-4-8-15)25-23-19-10-6-5-9-18(19)21/h2-14,22H,21H2,1H3. The van der Waals surface area contributed by atoms with Crippen molar-refractivity contribution >= 4 is 22.9 Å². The molecule has 0 heterocycles. The predicted octanol–water partition coefficient (Wildman–Crippen LogP) is 4.84. The van der Waals surface area contributed by atoms with Gasteiger partial charge in [0, 0.05) is 5.56 Å². The highest BCUT2D eigenvalue weighted by Crippen LogP contribution is 2.21. The van der Waals surface area contributed by atoms with Gasteiger partial charge in [0.05, 0.1) is 18.5 Å². The molecule has 0 bridgehead atoms. The lowest BCUT2D eigenvalue weighted by atomic mass is 10.2. The number of amidine groups is 1. The molecule has 0 saturated carbocycles. The smallest absolute Gasteiger partial charge is 0.201 e. The molecule has 0 radical (unpaired) electrons. The first-order valence-electron chi connectivity index (χ1n) is 8.05. The molecule has 130 valence electrons. The predicted molar refractivity (Wildman–Crippen MR) is 105 cm³/mol. The number of rotatable bonds is 5. The number of para-hydroxylation sites is 1. The molecule has 3 aromatic carbocycles. The molecule has 0 spiro atoms. The van der Waals surface area contributed by atoms with Gasteiger partial charge in [0.1, 0.15) is 11.4 Å². The number of ether oxygens (including phenoxy) is 1. The van der Waals surface area contributed by atoms with Gasteiger partial charge in [-0.25, -0.2) is 0 Å². The number of hydrazone groups is 1. The Bertz CT molecular complexity index is 905. The van der Waals surface area contributed by atoms with E-state index in [1.165, 1.54) is 0 Å². The second-order valence-corrected chi connectivity index (χ2v) is 5.40. The Balaban J connectivity index is 1.86. The molecular weight excluding hydrogens is 326 g/mol. The van der Waals surface area contributed by atoms with Crippen molar-refractivity contribution in [3.05, 3.63) is 84.4 Å². The minimum Gasteiger partial charge on any atom is -0.497 e. The lowest BCUT2D eigenvalue weighted by molar-refractivity contribution is 0.415. The van der Waals surface area contributed by atoms with E-state index >= 15 is 0 Å². The first kappa shape index (κ1) is 17.2. The third-order valence-corrected chi connectivity index (χ3v) is 3.60. The van der Waals surface area contributed by atoms with Crippen LogP contribution >= 0.6 is 0 Å². The monoisotopic (exact) mass is 345 g/mol. The summed E-state index contributed by atoms with van der Waals surface area (Å²) in [6.07, 6.45) is 0. The quantitative estimate of drug-likeness (QED) is 0.228. The Labute approximate surface area is 152 Å². The summed E-state index contributed by atoms with van der Waals surface area (Å²) in [5.74, 6) is 1.23. The fourth-order valence-corrected chi connectivity index (χ4v) is 2.19. The van der Waals surface area contributed by atoms with Gasteiger partial charge in [-0.05, 0) is 36.4 Å². The zero-order chi connectivity index (χ0) is 18.2. The fraction of sp³-hybridized carbons (Fsp3) is 0.0500. The maximum atomic E-state index is 5.92. The number of nitrogens with two attached hydrogens (primary N) is 1. The van der Waals surface area contributed by atoms with E-state index < -0.39 is 0 Å². The molecule has 0 unspecified atom stereocenters. The minimum absolute atomic E-state index is 0.449. The Morgan fingerprint density at radius 2 is 1.58 bits per heavy atom. The average molecular weight is 345 g/mol. The van der Waals surface area contributed by atoms with E-state index in [-0.39, 0.29) is 0 Å². The highest BCUT2D eigenvalue weighted by Gasteiger charge is 2.03. The maximum absolute atomic E-state index is 5.92. The van der Waals surface area contributed by atoms with Gasteiger partial charge in [0.15, 0.2) is 0 Å². The summed E-state index contributed by atoms with van der Waals surface area (Å²) >= 11 is 0. The van der Waals surface area contributed by atoms with E-state index in [4.69, 9.17) is 10.5 Å². The van der Waals surface area contributed by atoms with E-state index in [0.29, 0.717) is 17.2 Å². The van der Waals surface area contributed by atoms with Crippen LogP contribution in [0.1, 0.15) is 5.56 Å². The van der Waals surface area contributed by atoms with Crippen molar-refractivity contribution in [1.82, 2.24) is 0 Å². The van der Waals surface area contributed by atoms with Crippen LogP contribution in [-0.2, 0) is 0 Å². The highest BCUT2D eigenvalue weighted by atomic mass is 16.5. The second-order valence-electron chi connectivity index (χ2n) is 5.40. The summed E-state index contributed by atoms with van der Waals surface area (Å²) in [6.45, 7) is 0. The number of nitrogens with zero attached hydrogens (tertiary/aromatic N) is 3. The summed E-state index contributed by atoms with van der Waals surface area (Å²) < 4.78 is 5.15. The number of anilines is 2. The summed E-state index contributed by atoms with van der Waals surface area (Å²) in [4.78, 5) is 0. The lowest BCUT2D eigenvalue weighted by Gasteiger charge is -2.05. The molecule has 0 atom stereocenters. The Kier molecular flexibility index (Phi) is 5.57. The number of hydrogen-bond acceptors (Lipinski definition) is 5. The van der Waals surface area contributed by atoms with Crippen LogP contribution in [-0.4, -0.2) is 12.9 Å². The largest absolute Gasteiger partial charge is 0.497 e. The molecule has 3 aromatic rings. The van der Waals surface area contributed by atoms with Gasteiger partial charge in [-0.1, -0.05) is 42.5 Å². The Morgan fingerprint density at radius 3 is 2.27 bits per heavy atom. The van der Waals surface area contributed by atoms with Crippen LogP contribution in [0, 0.1) is 0 Å². The number of nitrogen functional groups attached to an aromatic ring is 1. The normalized spacial score (nSPS) is 11.5. The van der Waals surface area contributed by atoms with Gasteiger partial charge in [-0.3, -0.25) is 5.43 Å². The summed E-state index contributed by atoms with van der Waals surface area (Å²) in [5.41, 5.74) is 11.7. The van der Waals surface area contributed by atoms with Crippen molar-refractivity contribution in [3.63, 3.8) is 0 Å². The summed E-state index contributed by atoms with van der Waals surface area (Å²) in [7, 11) is 1.63. The molecule has 3 N–H and O–H groups in total. The first-order chi connectivity index (χ1) is 12.8. The molecule has 0 aliphatic carbocycles. The highest BCUT2D eigenvalue weighted by molar-refractivity contribution is 5.99. The van der Waals surface area contributed by atoms with Crippen LogP contribution in [0.3, 0.4) is 0 Å². The SMILES string of the molecule is COc1ccc(NN=C(N=Nc2ccccc2N)c2ccccc2)cc1. The van der Waals surface area contributed by atoms with Crippen LogP contribution in [0.4, 0.5) is 17.1 Å². The van der Waals surface area contributed by atoms with E-state index in [9.17, 15) is 0 Å². The van der Waals surface area contributed by atoms with Crippen LogP contribution < -0.4 is 15.9 Å². The number of methoxy groups -OCH3 is 1. The van der Waals surface area contributed by atoms with Crippen molar-refractivity contribution in [2.45, 2.75) is 0 Å². The van der Waals surface area contributed by atoms with Crippen LogP contribution in [0.15, 0.2) is 94.2 Å². The van der Waals surface area contributed by atoms with Crippen LogP contribution in [0.5, 0.6) is 5.75 Å². The Morgan fingerprint density at radius 1 is 0.885 bits per heavy atom. The molecule has 26 heavy (non-hydrogen) atoms. The third-order valence-electron chi connectivity index (χ3n) is 3.60. The summed E-state index contributed by atoms with van der Waals surface area (Å²) in [6, 6.07) is 24.4. The minimum atomic E-state index is 0.449. The van der Waals surface area contributed by atoms with Crippen molar-refractivity contribution in [1.29, 1.82) is 0 Å². The fourth-order valence-electron chi connectivity index (χ4n) is 2.19. The molecule has 0 saturated heterocycles. The van der Waals surface area contributed by atoms with Crippen LogP contribution in [0.2, 0.25) is 0 Å². The van der Waals surface area contributed by atoms with E-state index in [1.54, 1.807) is 19.2 Å². The lowest BCUT2D eigenvalue weighted by Crippen LogP contribution is -2.01. The topological polar surface area (TPSA) is 84.4 Å². The second kappa shape index (κ2) is 8.43. The number of benzene rings is 3. The van der Waals surface area contributed by atoms with Gasteiger partial charge in [0.25, 0.3) is 0 Å². The first-order valence-corrected chi connectivity index (χ1v) is 8.05. The van der Waals surface area contributed by atoms with Crippen molar-refractivity contribution < 1.29 is 4.74 Å². The number of hydrogen-bond donors (Lipinski definition) is 2. The van der Waals surface area contributed by atoms with Gasteiger partial charge < -0.3 is 10.5 Å². The molecule has 0 fully saturated rings. The van der Waals surface area contributed by atoms with Crippen molar-refractivity contribution in [2.24, 2.45) is 15.3 Å². The van der Waals surface area contributed by atoms with Crippen molar-refractivity contribution in [3.8, 4) is 5.75 Å². The molecule has 0 aliphatic rings. The molecule has 6 heteroatoms. The summed E-state index contributed by atoms with van der Waals surface area (Å²) in [5, 5.41) is 12.9. The third kappa shape index (κ3) is 4.45. The van der Waals surface area contributed by atoms with Gasteiger partial charge >= 0.3 is 0 Å². The molecule has 6 nitrogen and oxygen atoms in total. The van der Waals surface area contributed by atoms with Gasteiger partial charge in [-0.15, -0.1) is 10.2 Å². The number of nitrogens with one attached hydrogen (secondary N) is 1. The molecular formula is C20H19N5O. The van der Waals surface area contributed by atoms with E-state index in [1.807, 2.05) is 66.7 Å². The van der Waals surface area contributed by atoms with E-state index in [0.717, 1.165) is 17.0 Å². The molecule has 3 rings (SSSR count). The zero-order valence-corrected chi connectivity index (χ0v) is 14.3. The van der Waals surface area contributed by atoms with E-state index in [2.05, 4.69) is 20.8 Å². The molecule has 0 aliphatic heterocycles. The van der Waals surface area contributed by atoms with Crippen LogP contribution in [0.25, 0.3) is 0 Å².